The molecule has 21 heavy (non-hydrogen) atoms. The Labute approximate surface area is 129 Å². The van der Waals surface area contributed by atoms with Crippen molar-refractivity contribution in [1.29, 1.82) is 0 Å². The van der Waals surface area contributed by atoms with Gasteiger partial charge >= 0.3 is 0 Å². The number of nitrogen functional groups attached to an aromatic ring is 2. The van der Waals surface area contributed by atoms with Gasteiger partial charge in [0.1, 0.15) is 0 Å². The lowest BCUT2D eigenvalue weighted by molar-refractivity contribution is 0.0846. The van der Waals surface area contributed by atoms with Gasteiger partial charge in [0.2, 0.25) is 5.95 Å². The number of nitrogens with two attached hydrogens (primary N) is 2. The molecule has 5 N–H and O–H groups in total. The van der Waals surface area contributed by atoms with Crippen LogP contribution in [0.25, 0.3) is 0 Å². The Morgan fingerprint density at radius 2 is 1.76 bits per heavy atom. The molecule has 1 aromatic heterocycles. The lowest BCUT2D eigenvalue weighted by Crippen LogP contribution is -2.26. The molecule has 0 aromatic carbocycles. The zero-order valence-electron chi connectivity index (χ0n) is 12.2. The van der Waals surface area contributed by atoms with Crippen LogP contribution in [0.4, 0.5) is 17.5 Å². The van der Waals surface area contributed by atoms with Gasteiger partial charge in [-0.15, -0.1) is 0 Å². The summed E-state index contributed by atoms with van der Waals surface area (Å²) < 4.78 is 5.41. The fraction of sp³-hybridized carbons (Fsp3) is 0.714. The Bertz CT molecular complexity index is 486. The van der Waals surface area contributed by atoms with E-state index in [1.807, 2.05) is 11.8 Å². The molecule has 0 radical (unpaired) electrons. The summed E-state index contributed by atoms with van der Waals surface area (Å²) in [4.78, 5) is 8.98. The van der Waals surface area contributed by atoms with E-state index in [2.05, 4.69) is 15.3 Å². The molecule has 116 valence electrons. The Morgan fingerprint density at radius 3 is 2.48 bits per heavy atom. The third-order valence-electron chi connectivity index (χ3n) is 4.17. The Balaban J connectivity index is 1.79. The smallest absolute Gasteiger partial charge is 0.225 e. The first-order valence-electron chi connectivity index (χ1n) is 7.59. The number of aromatic nitrogens is 2. The van der Waals surface area contributed by atoms with E-state index in [-0.39, 0.29) is 0 Å². The molecular weight excluding hydrogens is 286 g/mol. The topological polar surface area (TPSA) is 99.1 Å². The Kier molecular flexibility index (Phi) is 4.70. The van der Waals surface area contributed by atoms with E-state index in [0.29, 0.717) is 29.4 Å². The molecule has 0 unspecified atom stereocenters. The van der Waals surface area contributed by atoms with Crippen LogP contribution in [-0.2, 0) is 4.74 Å². The molecule has 2 aliphatic rings. The summed E-state index contributed by atoms with van der Waals surface area (Å²) >= 11 is 2.00. The third-order valence-corrected chi connectivity index (χ3v) is 5.22. The maximum absolute atomic E-state index is 6.09. The van der Waals surface area contributed by atoms with Gasteiger partial charge in [-0.2, -0.15) is 16.7 Å². The van der Waals surface area contributed by atoms with Gasteiger partial charge in [0.25, 0.3) is 0 Å². The molecule has 0 bridgehead atoms. The van der Waals surface area contributed by atoms with Crippen molar-refractivity contribution in [1.82, 2.24) is 9.97 Å². The van der Waals surface area contributed by atoms with Crippen molar-refractivity contribution in [2.24, 2.45) is 0 Å². The highest BCUT2D eigenvalue weighted by Crippen LogP contribution is 2.32. The number of hydrogen-bond acceptors (Lipinski definition) is 7. The molecule has 3 heterocycles. The molecule has 0 saturated carbocycles. The number of ether oxygens (including phenoxy) is 1. The zero-order chi connectivity index (χ0) is 14.7. The van der Waals surface area contributed by atoms with Gasteiger partial charge in [-0.1, -0.05) is 0 Å². The van der Waals surface area contributed by atoms with Gasteiger partial charge in [0.05, 0.1) is 11.4 Å². The van der Waals surface area contributed by atoms with Gasteiger partial charge in [-0.05, 0) is 37.2 Å². The SMILES string of the molecule is Nc1nc(NC2CCSCC2)nc(C2CCOCC2)c1N. The van der Waals surface area contributed by atoms with E-state index in [1.54, 1.807) is 0 Å². The van der Waals surface area contributed by atoms with Crippen LogP contribution in [-0.4, -0.2) is 40.7 Å². The standard InChI is InChI=1S/C14H23N5OS/c15-11-12(9-1-5-20-6-2-9)18-14(19-13(11)16)17-10-3-7-21-8-4-10/h9-10H,1-8,15H2,(H3,16,17,18,19). The molecule has 0 spiro atoms. The van der Waals surface area contributed by atoms with Gasteiger partial charge in [-0.25, -0.2) is 4.98 Å². The van der Waals surface area contributed by atoms with Crippen LogP contribution in [0.3, 0.4) is 0 Å². The number of nitrogens with one attached hydrogen (secondary N) is 1. The summed E-state index contributed by atoms with van der Waals surface area (Å²) in [5, 5.41) is 3.43. The maximum atomic E-state index is 6.09. The molecule has 0 atom stereocenters. The summed E-state index contributed by atoms with van der Waals surface area (Å²) in [6, 6.07) is 0.441. The Morgan fingerprint density at radius 1 is 1.05 bits per heavy atom. The number of anilines is 3. The van der Waals surface area contributed by atoms with E-state index in [4.69, 9.17) is 16.2 Å². The second kappa shape index (κ2) is 6.70. The average molecular weight is 309 g/mol. The van der Waals surface area contributed by atoms with Crippen LogP contribution in [0.1, 0.15) is 37.3 Å². The third kappa shape index (κ3) is 3.52. The first-order valence-corrected chi connectivity index (χ1v) is 8.74. The minimum absolute atomic E-state index is 0.325. The van der Waals surface area contributed by atoms with Gasteiger partial charge in [0.15, 0.2) is 5.82 Å². The summed E-state index contributed by atoms with van der Waals surface area (Å²) in [5.74, 6) is 3.72. The zero-order valence-corrected chi connectivity index (χ0v) is 13.0. The largest absolute Gasteiger partial charge is 0.394 e. The average Bonchev–Trinajstić information content (AvgIpc) is 2.52. The first kappa shape index (κ1) is 14.7. The molecule has 7 heteroatoms. The van der Waals surface area contributed by atoms with Crippen LogP contribution in [0.15, 0.2) is 0 Å². The van der Waals surface area contributed by atoms with Gasteiger partial charge in [-0.3, -0.25) is 0 Å². The predicted molar refractivity (Wildman–Crippen MR) is 87.6 cm³/mol. The quantitative estimate of drug-likeness (QED) is 0.783. The first-order chi connectivity index (χ1) is 10.2. The Hall–Kier alpha value is -1.21. The number of nitrogens with zero attached hydrogens (tertiary/aromatic N) is 2. The highest BCUT2D eigenvalue weighted by Gasteiger charge is 2.23. The van der Waals surface area contributed by atoms with E-state index >= 15 is 0 Å². The summed E-state index contributed by atoms with van der Waals surface area (Å²) in [6.45, 7) is 1.52. The number of rotatable bonds is 3. The normalized spacial score (nSPS) is 21.3. The van der Waals surface area contributed by atoms with E-state index in [0.717, 1.165) is 44.6 Å². The summed E-state index contributed by atoms with van der Waals surface area (Å²) in [5.41, 5.74) is 13.5. The second-order valence-electron chi connectivity index (χ2n) is 5.65. The molecule has 3 rings (SSSR count). The fourth-order valence-corrected chi connectivity index (χ4v) is 3.98. The number of thioether (sulfide) groups is 1. The van der Waals surface area contributed by atoms with Crippen molar-refractivity contribution in [3.63, 3.8) is 0 Å². The highest BCUT2D eigenvalue weighted by atomic mass is 32.2. The molecule has 2 fully saturated rings. The van der Waals surface area contributed by atoms with Crippen molar-refractivity contribution in [3.05, 3.63) is 5.69 Å². The molecule has 6 nitrogen and oxygen atoms in total. The molecule has 1 aromatic rings. The van der Waals surface area contributed by atoms with Crippen molar-refractivity contribution in [2.75, 3.05) is 41.5 Å². The van der Waals surface area contributed by atoms with Crippen LogP contribution in [0.5, 0.6) is 0 Å². The molecular formula is C14H23N5OS. The highest BCUT2D eigenvalue weighted by molar-refractivity contribution is 7.99. The van der Waals surface area contributed by atoms with Gasteiger partial charge < -0.3 is 21.5 Å². The summed E-state index contributed by atoms with van der Waals surface area (Å²) in [6.07, 6.45) is 4.18. The van der Waals surface area contributed by atoms with Crippen LogP contribution in [0.2, 0.25) is 0 Å². The lowest BCUT2D eigenvalue weighted by Gasteiger charge is -2.25. The molecule has 2 saturated heterocycles. The van der Waals surface area contributed by atoms with Crippen molar-refractivity contribution >= 4 is 29.2 Å². The fourth-order valence-electron chi connectivity index (χ4n) is 2.88. The van der Waals surface area contributed by atoms with Crippen molar-refractivity contribution < 1.29 is 4.74 Å². The van der Waals surface area contributed by atoms with E-state index in [9.17, 15) is 0 Å². The molecule has 2 aliphatic heterocycles. The molecule has 0 aliphatic carbocycles. The predicted octanol–water partition coefficient (Wildman–Crippen LogP) is 1.84. The number of hydrogen-bond donors (Lipinski definition) is 3. The minimum Gasteiger partial charge on any atom is -0.394 e. The van der Waals surface area contributed by atoms with Gasteiger partial charge in [0, 0.05) is 25.2 Å². The lowest BCUT2D eigenvalue weighted by atomic mass is 9.95. The van der Waals surface area contributed by atoms with Crippen molar-refractivity contribution in [3.8, 4) is 0 Å². The summed E-state index contributed by atoms with van der Waals surface area (Å²) in [7, 11) is 0. The molecule has 0 amide bonds. The maximum Gasteiger partial charge on any atom is 0.225 e. The van der Waals surface area contributed by atoms with E-state index in [1.165, 1.54) is 11.5 Å². The monoisotopic (exact) mass is 309 g/mol. The van der Waals surface area contributed by atoms with Crippen LogP contribution in [0, 0.1) is 0 Å². The van der Waals surface area contributed by atoms with Crippen LogP contribution < -0.4 is 16.8 Å². The minimum atomic E-state index is 0.325. The van der Waals surface area contributed by atoms with Crippen LogP contribution >= 0.6 is 11.8 Å². The second-order valence-corrected chi connectivity index (χ2v) is 6.87. The van der Waals surface area contributed by atoms with E-state index < -0.39 is 0 Å². The van der Waals surface area contributed by atoms with Crippen molar-refractivity contribution in [2.45, 2.75) is 37.6 Å².